The van der Waals surface area contributed by atoms with Crippen LogP contribution in [0.1, 0.15) is 11.1 Å². The second kappa shape index (κ2) is 5.23. The van der Waals surface area contributed by atoms with Gasteiger partial charge in [-0.2, -0.15) is 10.2 Å². The van der Waals surface area contributed by atoms with Crippen molar-refractivity contribution >= 4 is 24.0 Å². The minimum Gasteiger partial charge on any atom is -0.507 e. The van der Waals surface area contributed by atoms with Crippen LogP contribution in [-0.2, 0) is 0 Å². The van der Waals surface area contributed by atoms with E-state index in [0.717, 1.165) is 27.4 Å². The first-order valence-electron chi connectivity index (χ1n) is 5.57. The zero-order valence-electron chi connectivity index (χ0n) is 10.3. The molecule has 0 aliphatic rings. The second-order valence-electron chi connectivity index (χ2n) is 4.14. The lowest BCUT2D eigenvalue weighted by molar-refractivity contribution is 0.467. The van der Waals surface area contributed by atoms with Crippen LogP contribution in [0, 0.1) is 13.8 Å². The molecule has 0 saturated carbocycles. The van der Waals surface area contributed by atoms with Gasteiger partial charge in [-0.1, -0.05) is 0 Å². The fourth-order valence-electron chi connectivity index (χ4n) is 1.63. The summed E-state index contributed by atoms with van der Waals surface area (Å²) in [5.74, 6) is 0.313. The predicted molar refractivity (Wildman–Crippen MR) is 75.5 cm³/mol. The van der Waals surface area contributed by atoms with Crippen LogP contribution in [0.5, 0.6) is 5.75 Å². The molecule has 2 rings (SSSR count). The van der Waals surface area contributed by atoms with E-state index in [2.05, 4.69) is 22.9 Å². The predicted octanol–water partition coefficient (Wildman–Crippen LogP) is 4.71. The molecule has 0 unspecified atom stereocenters. The average molecular weight is 258 g/mol. The number of phenolic OH excluding ortho intramolecular Hbond substituents is 1. The number of benzene rings is 2. The number of azo groups is 1. The van der Waals surface area contributed by atoms with Crippen molar-refractivity contribution in [3.8, 4) is 5.75 Å². The molecule has 0 aliphatic heterocycles. The number of hydrogen-bond donors (Lipinski definition) is 2. The third kappa shape index (κ3) is 2.90. The molecule has 0 aliphatic carbocycles. The van der Waals surface area contributed by atoms with Gasteiger partial charge in [-0.15, -0.1) is 12.6 Å². The summed E-state index contributed by atoms with van der Waals surface area (Å²) < 4.78 is 0. The Bertz CT molecular complexity index is 568. The molecule has 0 amide bonds. The van der Waals surface area contributed by atoms with Crippen molar-refractivity contribution in [1.29, 1.82) is 0 Å². The summed E-state index contributed by atoms with van der Waals surface area (Å²) in [7, 11) is 0. The fraction of sp³-hybridized carbons (Fsp3) is 0.143. The lowest BCUT2D eigenvalue weighted by Crippen LogP contribution is -1.79. The van der Waals surface area contributed by atoms with Crippen LogP contribution >= 0.6 is 12.6 Å². The van der Waals surface area contributed by atoms with E-state index in [1.165, 1.54) is 0 Å². The number of hydrogen-bond acceptors (Lipinski definition) is 4. The van der Waals surface area contributed by atoms with Crippen LogP contribution in [0.25, 0.3) is 0 Å². The summed E-state index contributed by atoms with van der Waals surface area (Å²) in [4.78, 5) is 0.894. The van der Waals surface area contributed by atoms with Crippen LogP contribution in [-0.4, -0.2) is 5.11 Å². The van der Waals surface area contributed by atoms with Gasteiger partial charge in [0.1, 0.15) is 5.75 Å². The molecule has 2 aromatic carbocycles. The van der Waals surface area contributed by atoms with Gasteiger partial charge in [-0.25, -0.2) is 0 Å². The Balaban J connectivity index is 2.26. The number of nitrogens with zero attached hydrogens (tertiary/aromatic N) is 2. The lowest BCUT2D eigenvalue weighted by Gasteiger charge is -2.03. The summed E-state index contributed by atoms with van der Waals surface area (Å²) in [5, 5.41) is 18.0. The molecule has 0 radical (unpaired) electrons. The molecule has 0 spiro atoms. The smallest absolute Gasteiger partial charge is 0.121 e. The van der Waals surface area contributed by atoms with Crippen LogP contribution in [0.15, 0.2) is 51.5 Å². The second-order valence-corrected chi connectivity index (χ2v) is 4.66. The zero-order valence-corrected chi connectivity index (χ0v) is 11.1. The zero-order chi connectivity index (χ0) is 13.1. The van der Waals surface area contributed by atoms with Crippen LogP contribution in [0.2, 0.25) is 0 Å². The molecule has 2 aromatic rings. The third-order valence-corrected chi connectivity index (χ3v) is 2.90. The van der Waals surface area contributed by atoms with Crippen molar-refractivity contribution in [2.75, 3.05) is 0 Å². The molecular formula is C14H14N2OS. The number of rotatable bonds is 2. The van der Waals surface area contributed by atoms with E-state index in [-0.39, 0.29) is 0 Å². The maximum absolute atomic E-state index is 9.67. The van der Waals surface area contributed by atoms with E-state index in [0.29, 0.717) is 5.75 Å². The number of phenols is 1. The van der Waals surface area contributed by atoms with Gasteiger partial charge in [0.2, 0.25) is 0 Å². The maximum Gasteiger partial charge on any atom is 0.121 e. The van der Waals surface area contributed by atoms with E-state index in [1.54, 1.807) is 12.1 Å². The molecule has 1 N–H and O–H groups in total. The molecule has 18 heavy (non-hydrogen) atoms. The highest BCUT2D eigenvalue weighted by Gasteiger charge is 2.02. The fourth-order valence-corrected chi connectivity index (χ4v) is 1.77. The van der Waals surface area contributed by atoms with E-state index >= 15 is 0 Å². The maximum atomic E-state index is 9.67. The Morgan fingerprint density at radius 2 is 1.39 bits per heavy atom. The standard InChI is InChI=1S/C14H14N2OS/c1-9-7-12(8-10(2)14(9)17)16-15-11-3-5-13(18)6-4-11/h3-8,17-18H,1-2H3. The minimum atomic E-state index is 0.313. The van der Waals surface area contributed by atoms with E-state index in [4.69, 9.17) is 0 Å². The number of aromatic hydroxyl groups is 1. The van der Waals surface area contributed by atoms with Crippen LogP contribution < -0.4 is 0 Å². The van der Waals surface area contributed by atoms with Crippen molar-refractivity contribution in [2.45, 2.75) is 18.7 Å². The quantitative estimate of drug-likeness (QED) is 0.594. The normalized spacial score (nSPS) is 11.1. The van der Waals surface area contributed by atoms with E-state index in [9.17, 15) is 5.11 Å². The molecule has 0 saturated heterocycles. The third-order valence-electron chi connectivity index (χ3n) is 2.61. The van der Waals surface area contributed by atoms with Gasteiger partial charge in [0, 0.05) is 4.90 Å². The molecular weight excluding hydrogens is 244 g/mol. The Kier molecular flexibility index (Phi) is 3.67. The number of thiol groups is 1. The molecule has 4 heteroatoms. The average Bonchev–Trinajstić information content (AvgIpc) is 2.35. The highest BCUT2D eigenvalue weighted by atomic mass is 32.1. The number of aryl methyl sites for hydroxylation is 2. The van der Waals surface area contributed by atoms with Gasteiger partial charge in [0.05, 0.1) is 11.4 Å². The topological polar surface area (TPSA) is 45.0 Å². The molecule has 0 aromatic heterocycles. The van der Waals surface area contributed by atoms with Crippen LogP contribution in [0.3, 0.4) is 0 Å². The minimum absolute atomic E-state index is 0.313. The molecule has 0 atom stereocenters. The van der Waals surface area contributed by atoms with E-state index in [1.807, 2.05) is 38.1 Å². The van der Waals surface area contributed by atoms with Gasteiger partial charge < -0.3 is 5.11 Å². The summed E-state index contributed by atoms with van der Waals surface area (Å²) in [6.45, 7) is 3.69. The highest BCUT2D eigenvalue weighted by molar-refractivity contribution is 7.80. The molecule has 0 bridgehead atoms. The Morgan fingerprint density at radius 1 is 0.889 bits per heavy atom. The Hall–Kier alpha value is -1.81. The first-order valence-corrected chi connectivity index (χ1v) is 6.02. The van der Waals surface area contributed by atoms with Gasteiger partial charge in [-0.3, -0.25) is 0 Å². The van der Waals surface area contributed by atoms with Crippen molar-refractivity contribution in [3.05, 3.63) is 47.5 Å². The first kappa shape index (κ1) is 12.6. The summed E-state index contributed by atoms with van der Waals surface area (Å²) >= 11 is 4.21. The molecule has 0 heterocycles. The van der Waals surface area contributed by atoms with E-state index < -0.39 is 0 Å². The Morgan fingerprint density at radius 3 is 1.94 bits per heavy atom. The van der Waals surface area contributed by atoms with Crippen LogP contribution in [0.4, 0.5) is 11.4 Å². The lowest BCUT2D eigenvalue weighted by atomic mass is 10.1. The van der Waals surface area contributed by atoms with Crippen molar-refractivity contribution in [3.63, 3.8) is 0 Å². The summed E-state index contributed by atoms with van der Waals surface area (Å²) in [6, 6.07) is 11.0. The summed E-state index contributed by atoms with van der Waals surface area (Å²) in [5.41, 5.74) is 3.11. The summed E-state index contributed by atoms with van der Waals surface area (Å²) in [6.07, 6.45) is 0. The SMILES string of the molecule is Cc1cc(N=Nc2ccc(S)cc2)cc(C)c1O. The largest absolute Gasteiger partial charge is 0.507 e. The van der Waals surface area contributed by atoms with Gasteiger partial charge in [-0.05, 0) is 61.4 Å². The first-order chi connectivity index (χ1) is 8.56. The van der Waals surface area contributed by atoms with Gasteiger partial charge >= 0.3 is 0 Å². The Labute approximate surface area is 112 Å². The van der Waals surface area contributed by atoms with Crippen molar-refractivity contribution in [2.24, 2.45) is 10.2 Å². The van der Waals surface area contributed by atoms with Crippen molar-refractivity contribution < 1.29 is 5.11 Å². The monoisotopic (exact) mass is 258 g/mol. The van der Waals surface area contributed by atoms with Gasteiger partial charge in [0.15, 0.2) is 0 Å². The molecule has 92 valence electrons. The molecule has 3 nitrogen and oxygen atoms in total. The van der Waals surface area contributed by atoms with Gasteiger partial charge in [0.25, 0.3) is 0 Å². The highest BCUT2D eigenvalue weighted by Crippen LogP contribution is 2.28. The molecule has 0 fully saturated rings. The van der Waals surface area contributed by atoms with Crippen molar-refractivity contribution in [1.82, 2.24) is 0 Å².